The lowest BCUT2D eigenvalue weighted by molar-refractivity contribution is -0.137. The molecule has 2 heterocycles. The van der Waals surface area contributed by atoms with E-state index in [4.69, 9.17) is 4.74 Å². The lowest BCUT2D eigenvalue weighted by atomic mass is 9.89. The molecule has 35 heavy (non-hydrogen) atoms. The summed E-state index contributed by atoms with van der Waals surface area (Å²) in [7, 11) is 0. The molecule has 0 amide bonds. The maximum absolute atomic E-state index is 11.4. The molecule has 1 aromatic heterocycles. The van der Waals surface area contributed by atoms with E-state index >= 15 is 0 Å². The molecular weight excluding hydrogens is 468 g/mol. The SMILES string of the molecule is CCOc1ncc(Nc2cc(C(CC)CC(=O)O)ccc2NC(CC)C2CCSC(O)(O)C2)cn1. The van der Waals surface area contributed by atoms with Crippen molar-refractivity contribution in [2.24, 2.45) is 5.92 Å². The Morgan fingerprint density at radius 1 is 1.20 bits per heavy atom. The van der Waals surface area contributed by atoms with Crippen molar-refractivity contribution in [1.29, 1.82) is 0 Å². The highest BCUT2D eigenvalue weighted by atomic mass is 32.2. The van der Waals surface area contributed by atoms with Gasteiger partial charge < -0.3 is 30.7 Å². The molecule has 0 radical (unpaired) electrons. The van der Waals surface area contributed by atoms with E-state index in [0.717, 1.165) is 29.8 Å². The van der Waals surface area contributed by atoms with Crippen LogP contribution in [0.1, 0.15) is 64.4 Å². The number of carboxylic acids is 1. The van der Waals surface area contributed by atoms with Crippen LogP contribution >= 0.6 is 11.8 Å². The van der Waals surface area contributed by atoms with Crippen LogP contribution < -0.4 is 15.4 Å². The molecule has 3 rings (SSSR count). The third kappa shape index (κ3) is 7.71. The fraction of sp³-hybridized carbons (Fsp3) is 0.560. The molecule has 0 saturated carbocycles. The summed E-state index contributed by atoms with van der Waals surface area (Å²) in [5.41, 5.74) is 3.23. The normalized spacial score (nSPS) is 18.9. The first-order valence-electron chi connectivity index (χ1n) is 12.2. The van der Waals surface area contributed by atoms with Gasteiger partial charge in [-0.1, -0.05) is 31.7 Å². The minimum absolute atomic E-state index is 0.0403. The molecule has 1 saturated heterocycles. The third-order valence-corrected chi connectivity index (χ3v) is 7.38. The number of nitrogens with one attached hydrogen (secondary N) is 2. The Kier molecular flexibility index (Phi) is 9.59. The largest absolute Gasteiger partial charge is 0.481 e. The van der Waals surface area contributed by atoms with E-state index < -0.39 is 11.1 Å². The van der Waals surface area contributed by atoms with Crippen LogP contribution in [0.4, 0.5) is 17.1 Å². The highest BCUT2D eigenvalue weighted by Gasteiger charge is 2.36. The molecule has 0 bridgehead atoms. The number of hydrogen-bond acceptors (Lipinski definition) is 9. The van der Waals surface area contributed by atoms with Gasteiger partial charge in [0.15, 0.2) is 0 Å². The number of aliphatic hydroxyl groups is 2. The van der Waals surface area contributed by atoms with Gasteiger partial charge in [0, 0.05) is 12.5 Å². The Balaban J connectivity index is 1.90. The molecule has 1 aromatic carbocycles. The molecule has 192 valence electrons. The molecule has 3 unspecified atom stereocenters. The molecule has 10 heteroatoms. The van der Waals surface area contributed by atoms with Crippen molar-refractivity contribution in [3.05, 3.63) is 36.2 Å². The number of ether oxygens (including phenoxy) is 1. The zero-order chi connectivity index (χ0) is 25.4. The summed E-state index contributed by atoms with van der Waals surface area (Å²) in [6, 6.07) is 6.24. The van der Waals surface area contributed by atoms with E-state index in [2.05, 4.69) is 27.5 Å². The van der Waals surface area contributed by atoms with E-state index in [9.17, 15) is 20.1 Å². The maximum Gasteiger partial charge on any atom is 0.316 e. The average Bonchev–Trinajstić information content (AvgIpc) is 2.82. The number of rotatable bonds is 12. The number of hydrogen-bond donors (Lipinski definition) is 5. The first kappa shape index (κ1) is 27.0. The van der Waals surface area contributed by atoms with Gasteiger partial charge in [0.2, 0.25) is 5.12 Å². The Morgan fingerprint density at radius 2 is 1.94 bits per heavy atom. The van der Waals surface area contributed by atoms with Gasteiger partial charge in [0.25, 0.3) is 0 Å². The summed E-state index contributed by atoms with van der Waals surface area (Å²) >= 11 is 1.18. The minimum Gasteiger partial charge on any atom is -0.481 e. The van der Waals surface area contributed by atoms with Crippen LogP contribution in [-0.2, 0) is 4.79 Å². The first-order valence-corrected chi connectivity index (χ1v) is 13.2. The van der Waals surface area contributed by atoms with Crippen molar-refractivity contribution in [2.75, 3.05) is 23.0 Å². The van der Waals surface area contributed by atoms with E-state index in [0.29, 0.717) is 36.9 Å². The van der Waals surface area contributed by atoms with E-state index in [1.807, 2.05) is 32.0 Å². The number of carbonyl (C=O) groups is 1. The van der Waals surface area contributed by atoms with Crippen LogP contribution in [0.3, 0.4) is 0 Å². The third-order valence-electron chi connectivity index (χ3n) is 6.31. The Labute approximate surface area is 210 Å². The van der Waals surface area contributed by atoms with Crippen molar-refractivity contribution >= 4 is 34.8 Å². The van der Waals surface area contributed by atoms with Crippen molar-refractivity contribution in [3.8, 4) is 6.01 Å². The number of anilines is 3. The molecule has 2 aromatic rings. The molecule has 0 spiro atoms. The average molecular weight is 505 g/mol. The Bertz CT molecular complexity index is 973. The van der Waals surface area contributed by atoms with Gasteiger partial charge in [0.05, 0.1) is 42.5 Å². The Hall–Kier alpha value is -2.56. The number of aromatic nitrogens is 2. The highest BCUT2D eigenvalue weighted by molar-refractivity contribution is 8.00. The number of benzene rings is 1. The first-order chi connectivity index (χ1) is 16.7. The van der Waals surface area contributed by atoms with Gasteiger partial charge >= 0.3 is 12.0 Å². The van der Waals surface area contributed by atoms with Crippen molar-refractivity contribution in [3.63, 3.8) is 0 Å². The van der Waals surface area contributed by atoms with Crippen LogP contribution in [0, 0.1) is 5.92 Å². The fourth-order valence-electron chi connectivity index (χ4n) is 4.47. The molecule has 3 atom stereocenters. The second-order valence-electron chi connectivity index (χ2n) is 8.82. The van der Waals surface area contributed by atoms with Crippen molar-refractivity contribution < 1.29 is 24.9 Å². The maximum atomic E-state index is 11.4. The van der Waals surface area contributed by atoms with E-state index in [1.165, 1.54) is 11.8 Å². The zero-order valence-corrected chi connectivity index (χ0v) is 21.3. The lowest BCUT2D eigenvalue weighted by Gasteiger charge is -2.37. The summed E-state index contributed by atoms with van der Waals surface area (Å²) < 4.78 is 5.33. The van der Waals surface area contributed by atoms with Crippen LogP contribution in [0.25, 0.3) is 0 Å². The van der Waals surface area contributed by atoms with Crippen LogP contribution in [0.2, 0.25) is 0 Å². The summed E-state index contributed by atoms with van der Waals surface area (Å²) in [5, 5.41) is 35.0. The summed E-state index contributed by atoms with van der Waals surface area (Å²) in [4.78, 5) is 19.8. The minimum atomic E-state index is -1.70. The second kappa shape index (κ2) is 12.4. The lowest BCUT2D eigenvalue weighted by Crippen LogP contribution is -2.39. The summed E-state index contributed by atoms with van der Waals surface area (Å²) in [6.45, 7) is 6.41. The molecule has 1 fully saturated rings. The van der Waals surface area contributed by atoms with Gasteiger partial charge in [-0.05, 0) is 61.5 Å². The summed E-state index contributed by atoms with van der Waals surface area (Å²) in [6.07, 6.45) is 6.05. The fourth-order valence-corrected chi connectivity index (χ4v) is 5.55. The molecule has 1 aliphatic heterocycles. The number of thioether (sulfide) groups is 1. The molecule has 9 nitrogen and oxygen atoms in total. The molecule has 5 N–H and O–H groups in total. The van der Waals surface area contributed by atoms with Gasteiger partial charge in [-0.25, -0.2) is 9.97 Å². The van der Waals surface area contributed by atoms with E-state index in [-0.39, 0.29) is 24.3 Å². The van der Waals surface area contributed by atoms with Crippen LogP contribution in [0.5, 0.6) is 6.01 Å². The molecular formula is C25H36N4O5S. The molecule has 0 aliphatic carbocycles. The van der Waals surface area contributed by atoms with Gasteiger partial charge in [-0.3, -0.25) is 4.79 Å². The van der Waals surface area contributed by atoms with Gasteiger partial charge in [0.1, 0.15) is 0 Å². The predicted molar refractivity (Wildman–Crippen MR) is 138 cm³/mol. The monoisotopic (exact) mass is 504 g/mol. The smallest absolute Gasteiger partial charge is 0.316 e. The predicted octanol–water partition coefficient (Wildman–Crippen LogP) is 4.56. The number of carboxylic acid groups (broad SMARTS) is 1. The molecule has 1 aliphatic rings. The van der Waals surface area contributed by atoms with Gasteiger partial charge in [-0.15, -0.1) is 0 Å². The van der Waals surface area contributed by atoms with Crippen LogP contribution in [-0.4, -0.2) is 54.8 Å². The quantitative estimate of drug-likeness (QED) is 0.262. The zero-order valence-electron chi connectivity index (χ0n) is 20.5. The van der Waals surface area contributed by atoms with Crippen molar-refractivity contribution in [1.82, 2.24) is 9.97 Å². The van der Waals surface area contributed by atoms with Crippen LogP contribution in [0.15, 0.2) is 30.6 Å². The second-order valence-corrected chi connectivity index (χ2v) is 10.2. The number of nitrogens with zero attached hydrogens (tertiary/aromatic N) is 2. The van der Waals surface area contributed by atoms with E-state index in [1.54, 1.807) is 12.4 Å². The standard InChI is InChI=1S/C25H36N4O5S/c1-4-16(12-23(30)31)17-7-8-21(29-20(5-2)18-9-10-35-25(32,33)13-18)22(11-17)28-19-14-26-24(27-15-19)34-6-3/h7-8,11,14-16,18,20,28-29,32-33H,4-6,9-10,12-13H2,1-3H3,(H,30,31). The van der Waals surface area contributed by atoms with Gasteiger partial charge in [-0.2, -0.15) is 0 Å². The number of aliphatic carboxylic acids is 1. The Morgan fingerprint density at radius 3 is 2.54 bits per heavy atom. The topological polar surface area (TPSA) is 137 Å². The summed E-state index contributed by atoms with van der Waals surface area (Å²) in [5.74, 6) is -0.142. The highest BCUT2D eigenvalue weighted by Crippen LogP contribution is 2.39. The van der Waals surface area contributed by atoms with Crippen molar-refractivity contribution in [2.45, 2.75) is 70.0 Å².